The van der Waals surface area contributed by atoms with Crippen LogP contribution in [0.3, 0.4) is 0 Å². The van der Waals surface area contributed by atoms with Crippen molar-refractivity contribution < 1.29 is 20.4 Å². The molecule has 6 atom stereocenters. The number of allylic oxidation sites excluding steroid dienone is 2. The summed E-state index contributed by atoms with van der Waals surface area (Å²) in [6.07, 6.45) is 16.6. The van der Waals surface area contributed by atoms with Gasteiger partial charge in [-0.25, -0.2) is 0 Å². The molecule has 0 saturated heterocycles. The first kappa shape index (κ1) is 21.6. The van der Waals surface area contributed by atoms with E-state index in [-0.39, 0.29) is 30.7 Å². The van der Waals surface area contributed by atoms with Gasteiger partial charge in [-0.3, -0.25) is 0 Å². The summed E-state index contributed by atoms with van der Waals surface area (Å²) < 4.78 is 0. The van der Waals surface area contributed by atoms with Gasteiger partial charge < -0.3 is 20.4 Å². The highest BCUT2D eigenvalue weighted by Crippen LogP contribution is 2.45. The number of hydrogen-bond donors (Lipinski definition) is 4. The highest BCUT2D eigenvalue weighted by Gasteiger charge is 2.50. The minimum absolute atomic E-state index is 0.0123. The molecule has 0 aromatic rings. The highest BCUT2D eigenvalue weighted by atomic mass is 16.3. The normalized spacial score (nSPS) is 34.0. The van der Waals surface area contributed by atoms with Gasteiger partial charge in [0.15, 0.2) is 0 Å². The summed E-state index contributed by atoms with van der Waals surface area (Å²) in [4.78, 5) is 0. The molecule has 0 aromatic carbocycles. The van der Waals surface area contributed by atoms with Crippen LogP contribution in [0, 0.1) is 17.8 Å². The fourth-order valence-electron chi connectivity index (χ4n) is 4.47. The lowest BCUT2D eigenvalue weighted by molar-refractivity contribution is -0.00276. The van der Waals surface area contributed by atoms with E-state index in [1.165, 1.54) is 0 Å². The topological polar surface area (TPSA) is 80.9 Å². The average molecular weight is 367 g/mol. The lowest BCUT2D eigenvalue weighted by atomic mass is 9.86. The maximum atomic E-state index is 10.9. The molecule has 150 valence electrons. The molecule has 0 bridgehead atoms. The molecule has 0 aromatic heterocycles. The van der Waals surface area contributed by atoms with E-state index in [1.807, 2.05) is 6.08 Å². The van der Waals surface area contributed by atoms with Gasteiger partial charge in [-0.15, -0.1) is 0 Å². The molecule has 0 radical (unpaired) electrons. The van der Waals surface area contributed by atoms with Gasteiger partial charge >= 0.3 is 0 Å². The molecule has 0 spiro atoms. The van der Waals surface area contributed by atoms with Gasteiger partial charge in [0.1, 0.15) is 0 Å². The maximum Gasteiger partial charge on any atom is 0.0735 e. The van der Waals surface area contributed by atoms with Crippen LogP contribution < -0.4 is 0 Å². The van der Waals surface area contributed by atoms with Crippen LogP contribution in [0.4, 0.5) is 0 Å². The van der Waals surface area contributed by atoms with Crippen molar-refractivity contribution in [1.82, 2.24) is 0 Å². The Morgan fingerprint density at radius 3 is 2.46 bits per heavy atom. The van der Waals surface area contributed by atoms with Crippen LogP contribution in [0.1, 0.15) is 71.1 Å². The molecule has 4 nitrogen and oxygen atoms in total. The Morgan fingerprint density at radius 1 is 1.04 bits per heavy atom. The van der Waals surface area contributed by atoms with E-state index in [2.05, 4.69) is 25.2 Å². The average Bonchev–Trinajstić information content (AvgIpc) is 3.26. The number of unbranched alkanes of at least 4 members (excludes halogenated alkanes) is 2. The molecule has 2 saturated carbocycles. The van der Waals surface area contributed by atoms with Crippen molar-refractivity contribution >= 4 is 0 Å². The lowest BCUT2D eigenvalue weighted by Gasteiger charge is -2.27. The Hall–Kier alpha value is -0.680. The minimum atomic E-state index is -0.795. The molecule has 2 aliphatic carbocycles. The highest BCUT2D eigenvalue weighted by molar-refractivity contribution is 5.08. The van der Waals surface area contributed by atoms with Gasteiger partial charge in [0, 0.05) is 18.4 Å². The van der Waals surface area contributed by atoms with Crippen molar-refractivity contribution in [3.63, 3.8) is 0 Å². The van der Waals surface area contributed by atoms with Crippen LogP contribution in [0.5, 0.6) is 0 Å². The fraction of sp³-hybridized carbons (Fsp3) is 0.818. The van der Waals surface area contributed by atoms with Gasteiger partial charge in [-0.05, 0) is 63.7 Å². The second-order valence-electron chi connectivity index (χ2n) is 8.30. The predicted molar refractivity (Wildman–Crippen MR) is 105 cm³/mol. The molecule has 4 heteroatoms. The second-order valence-corrected chi connectivity index (χ2v) is 8.30. The monoisotopic (exact) mass is 366 g/mol. The SMILES string of the molecule is CCCC(O)(CC=C[C@@H]1[C@@H](CC=CCCCCO)CC[C@H]1O)C1CC1O. The smallest absolute Gasteiger partial charge is 0.0735 e. The first-order valence-electron chi connectivity index (χ1n) is 10.5. The third-order valence-electron chi connectivity index (χ3n) is 6.17. The fourth-order valence-corrected chi connectivity index (χ4v) is 4.47. The van der Waals surface area contributed by atoms with Crippen LogP contribution in [-0.4, -0.2) is 44.8 Å². The molecule has 4 N–H and O–H groups in total. The zero-order valence-electron chi connectivity index (χ0n) is 16.3. The standard InChI is InChI=1S/C22H38O4/c1-2-13-22(26,19-16-21(19)25)14-8-10-18-17(11-12-20(18)24)9-6-4-3-5-7-15-23/h4,6,8,10,17-21,23-26H,2-3,5,7,9,11-16H2,1H3/t17-,18+,19?,20+,21?,22?/m0/s1. The Morgan fingerprint density at radius 2 is 1.81 bits per heavy atom. The molecule has 0 amide bonds. The quantitative estimate of drug-likeness (QED) is 0.315. The van der Waals surface area contributed by atoms with E-state index in [1.54, 1.807) is 0 Å². The first-order valence-corrected chi connectivity index (χ1v) is 10.5. The van der Waals surface area contributed by atoms with E-state index in [0.29, 0.717) is 25.2 Å². The van der Waals surface area contributed by atoms with E-state index < -0.39 is 5.60 Å². The Bertz CT molecular complexity index is 461. The zero-order valence-corrected chi connectivity index (χ0v) is 16.3. The van der Waals surface area contributed by atoms with Crippen molar-refractivity contribution in [2.45, 2.75) is 88.9 Å². The van der Waals surface area contributed by atoms with Crippen molar-refractivity contribution in [1.29, 1.82) is 0 Å². The van der Waals surface area contributed by atoms with Crippen molar-refractivity contribution in [2.75, 3.05) is 6.61 Å². The molecule has 2 fully saturated rings. The maximum absolute atomic E-state index is 10.9. The molecule has 3 unspecified atom stereocenters. The van der Waals surface area contributed by atoms with Gasteiger partial charge in [-0.1, -0.05) is 37.6 Å². The van der Waals surface area contributed by atoms with Crippen LogP contribution >= 0.6 is 0 Å². The Balaban J connectivity index is 1.83. The van der Waals surface area contributed by atoms with Gasteiger partial charge in [0.05, 0.1) is 17.8 Å². The van der Waals surface area contributed by atoms with E-state index in [0.717, 1.165) is 44.9 Å². The Kier molecular flexibility index (Phi) is 8.82. The molecule has 2 rings (SSSR count). The van der Waals surface area contributed by atoms with Crippen LogP contribution in [-0.2, 0) is 0 Å². The van der Waals surface area contributed by atoms with Crippen LogP contribution in [0.25, 0.3) is 0 Å². The molecular formula is C22H38O4. The van der Waals surface area contributed by atoms with Crippen LogP contribution in [0.2, 0.25) is 0 Å². The summed E-state index contributed by atoms with van der Waals surface area (Å²) >= 11 is 0. The third kappa shape index (κ3) is 6.19. The van der Waals surface area contributed by atoms with E-state index >= 15 is 0 Å². The number of aliphatic hydroxyl groups is 4. The molecule has 0 heterocycles. The summed E-state index contributed by atoms with van der Waals surface area (Å²) in [6.45, 7) is 2.32. The summed E-state index contributed by atoms with van der Waals surface area (Å²) in [5.74, 6) is 0.631. The van der Waals surface area contributed by atoms with Gasteiger partial charge in [0.25, 0.3) is 0 Å². The van der Waals surface area contributed by atoms with Crippen molar-refractivity contribution in [3.8, 4) is 0 Å². The van der Waals surface area contributed by atoms with E-state index in [9.17, 15) is 15.3 Å². The minimum Gasteiger partial charge on any atom is -0.396 e. The summed E-state index contributed by atoms with van der Waals surface area (Å²) in [5, 5.41) is 39.7. The third-order valence-corrected chi connectivity index (χ3v) is 6.17. The summed E-state index contributed by atoms with van der Waals surface area (Å²) in [7, 11) is 0. The predicted octanol–water partition coefficient (Wildman–Crippen LogP) is 3.34. The van der Waals surface area contributed by atoms with Crippen molar-refractivity contribution in [3.05, 3.63) is 24.3 Å². The zero-order chi connectivity index (χ0) is 19.0. The lowest BCUT2D eigenvalue weighted by Crippen LogP contribution is -2.32. The van der Waals surface area contributed by atoms with Crippen molar-refractivity contribution in [2.24, 2.45) is 17.8 Å². The first-order chi connectivity index (χ1) is 12.5. The number of aliphatic hydroxyl groups excluding tert-OH is 3. The van der Waals surface area contributed by atoms with Gasteiger partial charge in [-0.2, -0.15) is 0 Å². The number of rotatable bonds is 12. The van der Waals surface area contributed by atoms with Gasteiger partial charge in [0.2, 0.25) is 0 Å². The molecular weight excluding hydrogens is 328 g/mol. The summed E-state index contributed by atoms with van der Waals surface area (Å²) in [5.41, 5.74) is -0.795. The molecule has 26 heavy (non-hydrogen) atoms. The molecule has 2 aliphatic rings. The Labute approximate surface area is 158 Å². The largest absolute Gasteiger partial charge is 0.396 e. The molecule has 0 aliphatic heterocycles. The second kappa shape index (κ2) is 10.6. The summed E-state index contributed by atoms with van der Waals surface area (Å²) in [6, 6.07) is 0. The van der Waals surface area contributed by atoms with Crippen LogP contribution in [0.15, 0.2) is 24.3 Å². The number of hydrogen-bond acceptors (Lipinski definition) is 4. The van der Waals surface area contributed by atoms with E-state index in [4.69, 9.17) is 5.11 Å².